The molecule has 0 saturated carbocycles. The van der Waals surface area contributed by atoms with Gasteiger partial charge in [-0.1, -0.05) is 71.4 Å². The van der Waals surface area contributed by atoms with Crippen LogP contribution in [0.1, 0.15) is 72.3 Å². The van der Waals surface area contributed by atoms with Crippen molar-refractivity contribution in [1.29, 1.82) is 0 Å². The van der Waals surface area contributed by atoms with E-state index in [2.05, 4.69) is 10.1 Å². The largest absolute Gasteiger partial charge is 0.469 e. The Labute approximate surface area is 298 Å². The molecule has 14 heteroatoms. The molecule has 1 unspecified atom stereocenters. The summed E-state index contributed by atoms with van der Waals surface area (Å²) < 4.78 is 29.8. The number of nitrogens with zero attached hydrogens (tertiary/aromatic N) is 2. The Balaban J connectivity index is 2.27. The van der Waals surface area contributed by atoms with Crippen molar-refractivity contribution >= 4 is 31.1 Å². The first-order chi connectivity index (χ1) is 23.5. The van der Waals surface area contributed by atoms with E-state index in [4.69, 9.17) is 15.2 Å². The number of nitrogens with two attached hydrogens (primary N) is 1. The molecule has 1 heterocycles. The lowest BCUT2D eigenvalue weighted by Gasteiger charge is -2.40. The molecule has 50 heavy (non-hydrogen) atoms. The van der Waals surface area contributed by atoms with Gasteiger partial charge in [-0.25, -0.2) is 0 Å². The first kappa shape index (κ1) is 43.3. The molecule has 4 N–H and O–H groups in total. The van der Waals surface area contributed by atoms with Crippen molar-refractivity contribution in [2.75, 3.05) is 41.1 Å². The van der Waals surface area contributed by atoms with Gasteiger partial charge < -0.3 is 40.0 Å². The van der Waals surface area contributed by atoms with Crippen molar-refractivity contribution in [2.24, 2.45) is 23.5 Å². The molecule has 0 radical (unpaired) electrons. The SMILES string of the molecule is CC[C@H](C)[C@@H]([C@@H](CC(=O)N1CCC[C@H]1[C@H](OC)[C@@H](C)C(=O)N[C@@H](CCc1ccccc1)P(=O)(O)CC(=O)OC)OC)N(C)C(=O)[C@@H](N)C(C)C. The van der Waals surface area contributed by atoms with Gasteiger partial charge in [-0.2, -0.15) is 0 Å². The lowest BCUT2D eigenvalue weighted by molar-refractivity contribution is -0.146. The van der Waals surface area contributed by atoms with Crippen LogP contribution in [-0.2, 0) is 44.4 Å². The lowest BCUT2D eigenvalue weighted by Crippen LogP contribution is -2.56. The summed E-state index contributed by atoms with van der Waals surface area (Å²) in [5.41, 5.74) is 7.14. The quantitative estimate of drug-likeness (QED) is 0.133. The van der Waals surface area contributed by atoms with Crippen molar-refractivity contribution < 1.29 is 42.8 Å². The van der Waals surface area contributed by atoms with Gasteiger partial charge in [0, 0.05) is 27.8 Å². The fraction of sp³-hybridized carbons (Fsp3) is 0.722. The van der Waals surface area contributed by atoms with Crippen LogP contribution in [0, 0.1) is 17.8 Å². The third-order valence-electron chi connectivity index (χ3n) is 10.2. The number of likely N-dealkylation sites (N-methyl/N-ethyl adjacent to an activating group) is 1. The van der Waals surface area contributed by atoms with Gasteiger partial charge in [0.15, 0.2) is 0 Å². The molecule has 1 aliphatic heterocycles. The molecular formula is C36H61N4O9P. The summed E-state index contributed by atoms with van der Waals surface area (Å²) in [5.74, 6) is -3.83. The molecule has 3 amide bonds. The highest BCUT2D eigenvalue weighted by Crippen LogP contribution is 2.47. The normalized spacial score (nSPS) is 20.2. The minimum absolute atomic E-state index is 0.0103. The fourth-order valence-electron chi connectivity index (χ4n) is 6.80. The minimum Gasteiger partial charge on any atom is -0.469 e. The Bertz CT molecular complexity index is 1300. The predicted molar refractivity (Wildman–Crippen MR) is 192 cm³/mol. The molecule has 1 saturated heterocycles. The molecule has 0 spiro atoms. The number of benzene rings is 1. The van der Waals surface area contributed by atoms with Crippen molar-refractivity contribution in [3.05, 3.63) is 35.9 Å². The minimum atomic E-state index is -4.23. The second-order valence-electron chi connectivity index (χ2n) is 13.9. The van der Waals surface area contributed by atoms with Gasteiger partial charge in [-0.15, -0.1) is 0 Å². The van der Waals surface area contributed by atoms with E-state index in [1.807, 2.05) is 58.0 Å². The number of carbonyl (C=O) groups is 4. The van der Waals surface area contributed by atoms with Gasteiger partial charge in [0.2, 0.25) is 25.1 Å². The number of esters is 1. The van der Waals surface area contributed by atoms with Crippen LogP contribution in [0.25, 0.3) is 0 Å². The predicted octanol–water partition coefficient (Wildman–Crippen LogP) is 3.41. The van der Waals surface area contributed by atoms with Crippen LogP contribution in [0.2, 0.25) is 0 Å². The van der Waals surface area contributed by atoms with Gasteiger partial charge in [0.05, 0.1) is 49.8 Å². The molecule has 0 aromatic heterocycles. The van der Waals surface area contributed by atoms with E-state index in [9.17, 15) is 28.6 Å². The molecule has 1 aliphatic rings. The average molecular weight is 725 g/mol. The van der Waals surface area contributed by atoms with E-state index in [-0.39, 0.29) is 36.5 Å². The maximum absolute atomic E-state index is 14.0. The number of likely N-dealkylation sites (tertiary alicyclic amines) is 1. The number of aryl methyl sites for hydroxylation is 1. The number of amides is 3. The van der Waals surface area contributed by atoms with Crippen molar-refractivity contribution in [3.8, 4) is 0 Å². The highest BCUT2D eigenvalue weighted by molar-refractivity contribution is 7.59. The van der Waals surface area contributed by atoms with Crippen LogP contribution >= 0.6 is 7.37 Å². The van der Waals surface area contributed by atoms with Crippen molar-refractivity contribution in [1.82, 2.24) is 15.1 Å². The summed E-state index contributed by atoms with van der Waals surface area (Å²) in [6.45, 7) is 9.95. The summed E-state index contributed by atoms with van der Waals surface area (Å²) in [5, 5.41) is 2.74. The van der Waals surface area contributed by atoms with E-state index in [0.717, 1.165) is 19.1 Å². The Morgan fingerprint density at radius 1 is 1.08 bits per heavy atom. The molecule has 0 bridgehead atoms. The molecule has 1 aromatic rings. The lowest BCUT2D eigenvalue weighted by atomic mass is 9.89. The topological polar surface area (TPSA) is 178 Å². The van der Waals surface area contributed by atoms with E-state index in [1.54, 1.807) is 23.8 Å². The maximum Gasteiger partial charge on any atom is 0.315 e. The van der Waals surface area contributed by atoms with Gasteiger partial charge in [-0.05, 0) is 43.1 Å². The third kappa shape index (κ3) is 11.6. The first-order valence-corrected chi connectivity index (χ1v) is 19.6. The zero-order valence-corrected chi connectivity index (χ0v) is 32.3. The molecule has 9 atom stereocenters. The van der Waals surface area contributed by atoms with E-state index in [1.165, 1.54) is 14.2 Å². The van der Waals surface area contributed by atoms with Crippen LogP contribution in [-0.4, -0.2) is 116 Å². The van der Waals surface area contributed by atoms with Crippen LogP contribution in [0.4, 0.5) is 0 Å². The molecule has 1 fully saturated rings. The summed E-state index contributed by atoms with van der Waals surface area (Å²) in [6, 6.07) is 7.81. The molecule has 0 aliphatic carbocycles. The monoisotopic (exact) mass is 724 g/mol. The summed E-state index contributed by atoms with van der Waals surface area (Å²) in [7, 11) is 1.64. The van der Waals surface area contributed by atoms with E-state index >= 15 is 0 Å². The summed E-state index contributed by atoms with van der Waals surface area (Å²) >= 11 is 0. The second kappa shape index (κ2) is 20.3. The Morgan fingerprint density at radius 2 is 1.72 bits per heavy atom. The van der Waals surface area contributed by atoms with Gasteiger partial charge in [0.25, 0.3) is 0 Å². The van der Waals surface area contributed by atoms with E-state index in [0.29, 0.717) is 25.8 Å². The first-order valence-electron chi connectivity index (χ1n) is 17.6. The number of hydrogen-bond donors (Lipinski definition) is 3. The van der Waals surface area contributed by atoms with Gasteiger partial charge in [0.1, 0.15) is 11.9 Å². The zero-order valence-electron chi connectivity index (χ0n) is 31.4. The highest BCUT2D eigenvalue weighted by Gasteiger charge is 2.43. The number of ether oxygens (including phenoxy) is 3. The third-order valence-corrected chi connectivity index (χ3v) is 12.3. The molecule has 2 rings (SSSR count). The zero-order chi connectivity index (χ0) is 37.8. The van der Waals surface area contributed by atoms with Crippen molar-refractivity contribution in [2.45, 2.75) is 109 Å². The Hall–Kier alpha value is -2.83. The second-order valence-corrected chi connectivity index (χ2v) is 16.3. The van der Waals surface area contributed by atoms with Gasteiger partial charge >= 0.3 is 5.97 Å². The fourth-order valence-corrected chi connectivity index (χ4v) is 8.39. The van der Waals surface area contributed by atoms with E-state index < -0.39 is 67.4 Å². The van der Waals surface area contributed by atoms with Crippen LogP contribution in [0.3, 0.4) is 0 Å². The highest BCUT2D eigenvalue weighted by atomic mass is 31.2. The number of rotatable bonds is 20. The maximum atomic E-state index is 14.0. The summed E-state index contributed by atoms with van der Waals surface area (Å²) in [6.07, 6.45) is 0.500. The summed E-state index contributed by atoms with van der Waals surface area (Å²) in [4.78, 5) is 67.4. The Kier molecular flexibility index (Phi) is 17.6. The standard InChI is InChI=1S/C36H61N4O9P/c1-10-24(4)33(39(6)36(44)32(37)23(2)3)28(47-7)21-30(41)40-20-14-17-27(40)34(49-9)25(5)35(43)38-29(50(45,46)22-31(42)48-8)19-18-26-15-12-11-13-16-26/h11-13,15-16,23-25,27-29,32-34H,10,14,17-22,37H2,1-9H3,(H,38,43)(H,45,46)/t24-,25+,27-,28+,29+,32-,33-,34+/m0/s1. The Morgan fingerprint density at radius 3 is 2.26 bits per heavy atom. The molecule has 284 valence electrons. The van der Waals surface area contributed by atoms with Crippen LogP contribution in [0.5, 0.6) is 0 Å². The number of nitrogens with one attached hydrogen (secondary N) is 1. The number of methoxy groups -OCH3 is 3. The smallest absolute Gasteiger partial charge is 0.315 e. The van der Waals surface area contributed by atoms with Crippen molar-refractivity contribution in [3.63, 3.8) is 0 Å². The van der Waals surface area contributed by atoms with Crippen LogP contribution < -0.4 is 11.1 Å². The number of hydrogen-bond acceptors (Lipinski definition) is 9. The molecule has 13 nitrogen and oxygen atoms in total. The molecule has 1 aromatic carbocycles. The van der Waals surface area contributed by atoms with Gasteiger partial charge in [-0.3, -0.25) is 23.7 Å². The molecular weight excluding hydrogens is 663 g/mol. The average Bonchev–Trinajstić information content (AvgIpc) is 3.58. The number of carbonyl (C=O) groups excluding carboxylic acids is 4. The van der Waals surface area contributed by atoms with Crippen LogP contribution in [0.15, 0.2) is 30.3 Å².